The maximum absolute atomic E-state index is 12.8. The molecule has 3 N–H and O–H groups in total. The van der Waals surface area contributed by atoms with Crippen molar-refractivity contribution in [3.05, 3.63) is 131 Å². The van der Waals surface area contributed by atoms with Crippen LogP contribution >= 0.6 is 35.1 Å². The molecule has 4 saturated heterocycles. The number of fused-ring (bicyclic) bond motifs is 2. The van der Waals surface area contributed by atoms with Gasteiger partial charge in [-0.25, -0.2) is 9.97 Å². The Balaban J connectivity index is 0.000000206. The number of halogens is 1. The number of aromatic nitrogens is 6. The number of nitrogens with one attached hydrogen (secondary N) is 3. The number of allylic oxidation sites excluding steroid dienone is 1. The van der Waals surface area contributed by atoms with Crippen molar-refractivity contribution >= 4 is 115 Å². The molecule has 4 fully saturated rings. The second kappa shape index (κ2) is 32.2. The van der Waals surface area contributed by atoms with E-state index in [1.54, 1.807) is 74.2 Å². The number of carbonyl (C=O) groups is 4. The maximum Gasteiger partial charge on any atom is 0.252 e. The smallest absolute Gasteiger partial charge is 0.252 e. The van der Waals surface area contributed by atoms with Gasteiger partial charge in [0.25, 0.3) is 11.1 Å². The predicted molar refractivity (Wildman–Crippen MR) is 344 cm³/mol. The van der Waals surface area contributed by atoms with Gasteiger partial charge in [0.15, 0.2) is 0 Å². The summed E-state index contributed by atoms with van der Waals surface area (Å²) in [5, 5.41) is 11.1. The molecule has 0 spiro atoms. The normalized spacial score (nSPS) is 15.8. The number of pyridine rings is 2. The van der Waals surface area contributed by atoms with Gasteiger partial charge in [-0.3, -0.25) is 47.7 Å². The molecule has 6 aromatic rings. The summed E-state index contributed by atoms with van der Waals surface area (Å²) < 4.78 is 3.44. The van der Waals surface area contributed by atoms with Crippen molar-refractivity contribution in [2.24, 2.45) is 0 Å². The van der Waals surface area contributed by atoms with Crippen molar-refractivity contribution in [3.63, 3.8) is 0 Å². The summed E-state index contributed by atoms with van der Waals surface area (Å²) in [6.45, 7) is 22.3. The molecule has 2 aromatic carbocycles. The fourth-order valence-corrected chi connectivity index (χ4v) is 11.1. The van der Waals surface area contributed by atoms with Gasteiger partial charge in [-0.15, -0.1) is 0 Å². The lowest BCUT2D eigenvalue weighted by Crippen LogP contribution is -2.49. The van der Waals surface area contributed by atoms with Crippen LogP contribution in [0.2, 0.25) is 0 Å². The number of hydrogen-bond acceptors (Lipinski definition) is 19. The van der Waals surface area contributed by atoms with Gasteiger partial charge < -0.3 is 40.4 Å². The Morgan fingerprint density at radius 3 is 1.33 bits per heavy atom. The zero-order valence-electron chi connectivity index (χ0n) is 48.6. The first-order valence-corrected chi connectivity index (χ1v) is 31.9. The summed E-state index contributed by atoms with van der Waals surface area (Å²) >= 11 is 8.12. The van der Waals surface area contributed by atoms with Gasteiger partial charge >= 0.3 is 0 Å². The molecule has 4 aromatic heterocycles. The number of benzene rings is 2. The van der Waals surface area contributed by atoms with E-state index in [0.29, 0.717) is 68.8 Å². The first kappa shape index (κ1) is 63.7. The molecule has 0 bridgehead atoms. The molecule has 22 nitrogen and oxygen atoms in total. The summed E-state index contributed by atoms with van der Waals surface area (Å²) in [5.74, 6) is 3.08. The molecule has 25 heteroatoms. The van der Waals surface area contributed by atoms with Crippen LogP contribution in [0.3, 0.4) is 0 Å². The number of rotatable bonds is 20. The highest BCUT2D eigenvalue weighted by Crippen LogP contribution is 2.25. The Hall–Kier alpha value is -7.35. The number of amides is 3. The van der Waals surface area contributed by atoms with Crippen molar-refractivity contribution in [1.29, 1.82) is 0 Å². The van der Waals surface area contributed by atoms with Crippen LogP contribution in [0.15, 0.2) is 120 Å². The van der Waals surface area contributed by atoms with E-state index < -0.39 is 5.24 Å². The molecule has 0 atom stereocenters. The topological polar surface area (TPSA) is 223 Å². The average molecular weight is 1220 g/mol. The molecular formula is C60H77ClN16O6S2. The van der Waals surface area contributed by atoms with Crippen LogP contribution in [0.4, 0.5) is 34.6 Å². The third-order valence-corrected chi connectivity index (χ3v) is 16.6. The number of anilines is 6. The van der Waals surface area contributed by atoms with Crippen LogP contribution in [0.25, 0.3) is 22.1 Å². The van der Waals surface area contributed by atoms with Gasteiger partial charge in [-0.1, -0.05) is 13.2 Å². The van der Waals surface area contributed by atoms with Gasteiger partial charge in [-0.2, -0.15) is 33.5 Å². The van der Waals surface area contributed by atoms with Crippen molar-refractivity contribution in [1.82, 2.24) is 58.9 Å². The summed E-state index contributed by atoms with van der Waals surface area (Å²) in [6, 6.07) is 23.0. The predicted octanol–water partition coefficient (Wildman–Crippen LogP) is 5.05. The third kappa shape index (κ3) is 18.3. The molecule has 85 heavy (non-hydrogen) atoms. The van der Waals surface area contributed by atoms with Crippen LogP contribution in [0.1, 0.15) is 12.8 Å². The van der Waals surface area contributed by atoms with E-state index in [1.807, 2.05) is 46.6 Å². The van der Waals surface area contributed by atoms with Crippen molar-refractivity contribution < 1.29 is 19.2 Å². The SMILES string of the molecule is C=CC(=O)Cl.C=CC(=O)N1CCN(CCn2c(=O)ccc3cnc(Nc4ccc(N5CCN(C(=O)CCSC)CC5)cc4)nc32)CC1.CSCCC(=O)N1CCN(c2ccc(Nc3ncc4ccc(=O)n(CCN5CCNCC5)c4n3)cc2)CC1. The molecule has 0 radical (unpaired) electrons. The van der Waals surface area contributed by atoms with Gasteiger partial charge in [0.2, 0.25) is 34.9 Å². The zero-order valence-corrected chi connectivity index (χ0v) is 51.0. The van der Waals surface area contributed by atoms with E-state index >= 15 is 0 Å². The second-order valence-electron chi connectivity index (χ2n) is 20.6. The summed E-state index contributed by atoms with van der Waals surface area (Å²) in [6.07, 6.45) is 11.2. The highest BCUT2D eigenvalue weighted by molar-refractivity contribution is 7.98. The van der Waals surface area contributed by atoms with Crippen molar-refractivity contribution in [3.8, 4) is 0 Å². The molecule has 0 aliphatic carbocycles. The highest BCUT2D eigenvalue weighted by atomic mass is 35.5. The molecule has 3 amide bonds. The molecule has 4 aliphatic rings. The number of hydrogen-bond donors (Lipinski definition) is 3. The molecule has 0 unspecified atom stereocenters. The zero-order chi connectivity index (χ0) is 60.1. The van der Waals surface area contributed by atoms with Gasteiger partial charge in [-0.05, 0) is 96.9 Å². The van der Waals surface area contributed by atoms with Gasteiger partial charge in [0, 0.05) is 213 Å². The Morgan fingerprint density at radius 2 is 0.941 bits per heavy atom. The van der Waals surface area contributed by atoms with E-state index in [2.05, 4.69) is 82.9 Å². The standard InChI is InChI=1S/C30H38N8O3S.C27H36N8O2S.C3H3ClO/c1-3-26(39)36-14-11-34(12-15-36)13-20-38-28(41)9-4-23-22-31-30(33-29(23)38)32-24-5-7-25(8-6-24)35-16-18-37(19-17-35)27(40)10-21-42-2;1-38-19-8-24(36)34-16-14-33(15-17-34)23-5-3-22(4-6-23)30-27-29-20-21-2-7-25(37)35(26(21)31-27)18-13-32-11-9-28-10-12-32;1-2-3(4)5/h3-9,22H,1,10-21H2,2H3,(H,31,32,33);2-7,20,28H,8-19H2,1H3,(H,29,30,31);2H,1H2. The Morgan fingerprint density at radius 1 is 0.541 bits per heavy atom. The number of carbonyl (C=O) groups excluding carboxylic acids is 4. The first-order chi connectivity index (χ1) is 41.3. The quantitative estimate of drug-likeness (QED) is 0.0672. The molecule has 10 rings (SSSR count). The maximum atomic E-state index is 12.8. The molecular weight excluding hydrogens is 1140 g/mol. The fraction of sp³-hybridized carbons (Fsp3) is 0.433. The monoisotopic (exact) mass is 1220 g/mol. The van der Waals surface area contributed by atoms with Gasteiger partial charge in [0.05, 0.1) is 0 Å². The minimum atomic E-state index is -0.509. The number of thioether (sulfide) groups is 2. The lowest BCUT2D eigenvalue weighted by Gasteiger charge is -2.36. The van der Waals surface area contributed by atoms with Crippen LogP contribution < -0.4 is 36.9 Å². The van der Waals surface area contributed by atoms with Crippen LogP contribution in [0, 0.1) is 0 Å². The lowest BCUT2D eigenvalue weighted by molar-refractivity contribution is -0.131. The van der Waals surface area contributed by atoms with E-state index in [4.69, 9.17) is 21.6 Å². The first-order valence-electron chi connectivity index (χ1n) is 28.7. The lowest BCUT2D eigenvalue weighted by atomic mass is 10.2. The fourth-order valence-electron chi connectivity index (χ4n) is 10.3. The minimum Gasteiger partial charge on any atom is -0.368 e. The summed E-state index contributed by atoms with van der Waals surface area (Å²) in [4.78, 5) is 105. The van der Waals surface area contributed by atoms with E-state index in [-0.39, 0.29) is 28.8 Å². The van der Waals surface area contributed by atoms with Gasteiger partial charge in [0.1, 0.15) is 11.3 Å². The average Bonchev–Trinajstić information content (AvgIpc) is 3.49. The van der Waals surface area contributed by atoms with E-state index in [1.165, 1.54) is 6.08 Å². The minimum absolute atomic E-state index is 0.0423. The van der Waals surface area contributed by atoms with E-state index in [0.717, 1.165) is 149 Å². The highest BCUT2D eigenvalue weighted by Gasteiger charge is 2.24. The second-order valence-corrected chi connectivity index (χ2v) is 23.0. The molecule has 452 valence electrons. The van der Waals surface area contributed by atoms with Crippen LogP contribution in [-0.2, 0) is 32.3 Å². The van der Waals surface area contributed by atoms with Crippen LogP contribution in [-0.4, -0.2) is 218 Å². The number of nitrogens with zero attached hydrogens (tertiary/aromatic N) is 13. The van der Waals surface area contributed by atoms with E-state index in [9.17, 15) is 28.8 Å². The summed E-state index contributed by atoms with van der Waals surface area (Å²) in [7, 11) is 0. The molecule has 4 aliphatic heterocycles. The molecule has 0 saturated carbocycles. The Kier molecular flexibility index (Phi) is 24.1. The number of piperazine rings is 4. The largest absolute Gasteiger partial charge is 0.368 e. The third-order valence-electron chi connectivity index (χ3n) is 15.2. The summed E-state index contributed by atoms with van der Waals surface area (Å²) in [5.41, 5.74) is 5.04. The Labute approximate surface area is 509 Å². The van der Waals surface area contributed by atoms with Crippen molar-refractivity contribution in [2.45, 2.75) is 25.9 Å². The van der Waals surface area contributed by atoms with Crippen LogP contribution in [0.5, 0.6) is 0 Å². The Bertz CT molecular complexity index is 3340. The molecule has 8 heterocycles. The van der Waals surface area contributed by atoms with Crippen molar-refractivity contribution in [2.75, 3.05) is 162 Å².